The number of nitrogens with zero attached hydrogens (tertiary/aromatic N) is 1. The first kappa shape index (κ1) is 6.37. The van der Waals surface area contributed by atoms with Gasteiger partial charge in [-0.15, -0.1) is 0 Å². The minimum Gasteiger partial charge on any atom is -0.460 e. The fourth-order valence-corrected chi connectivity index (χ4v) is 0.863. The van der Waals surface area contributed by atoms with E-state index in [-0.39, 0.29) is 0 Å². The third-order valence-corrected chi connectivity index (χ3v) is 1.27. The Kier molecular flexibility index (Phi) is 1.91. The zero-order chi connectivity index (χ0) is 6.69. The Labute approximate surface area is 61.4 Å². The summed E-state index contributed by atoms with van der Waals surface area (Å²) in [7, 11) is 0. The van der Waals surface area contributed by atoms with Crippen LogP contribution in [-0.2, 0) is 6.54 Å². The lowest BCUT2D eigenvalue weighted by Gasteiger charge is -1.75. The van der Waals surface area contributed by atoms with E-state index in [9.17, 15) is 0 Å². The first-order chi connectivity index (χ1) is 4.33. The first-order valence-corrected chi connectivity index (χ1v) is 3.18. The van der Waals surface area contributed by atoms with E-state index in [0.29, 0.717) is 12.3 Å². The summed E-state index contributed by atoms with van der Waals surface area (Å²) in [6.45, 7) is 6.82. The van der Waals surface area contributed by atoms with Gasteiger partial charge in [-0.25, -0.2) is 6.57 Å². The monoisotopic (exact) mass is 185 g/mol. The molecule has 0 unspecified atom stereocenters. The van der Waals surface area contributed by atoms with Gasteiger partial charge in [0.1, 0.15) is 6.26 Å². The van der Waals surface area contributed by atoms with E-state index in [0.717, 1.165) is 4.47 Å². The molecular weight excluding hydrogens is 182 g/mol. The summed E-state index contributed by atoms with van der Waals surface area (Å²) in [4.78, 5) is 3.15. The summed E-state index contributed by atoms with van der Waals surface area (Å²) in [6, 6.07) is 1.79. The van der Waals surface area contributed by atoms with Crippen molar-refractivity contribution in [3.05, 3.63) is 34.0 Å². The molecule has 0 bridgehead atoms. The SMILES string of the molecule is [C-]#[N+]Cc1cc(Br)co1. The van der Waals surface area contributed by atoms with Gasteiger partial charge in [-0.2, -0.15) is 0 Å². The standard InChI is InChI=1S/C6H4BrNO/c1-8-3-6-2-5(7)4-9-6/h2,4H,3H2. The second-order valence-corrected chi connectivity index (χ2v) is 2.46. The molecule has 0 aliphatic carbocycles. The van der Waals surface area contributed by atoms with Crippen LogP contribution >= 0.6 is 15.9 Å². The molecule has 3 heteroatoms. The van der Waals surface area contributed by atoms with Crippen LogP contribution in [-0.4, -0.2) is 0 Å². The van der Waals surface area contributed by atoms with Crippen LogP contribution in [0.5, 0.6) is 0 Å². The van der Waals surface area contributed by atoms with Crippen LogP contribution in [0, 0.1) is 6.57 Å². The van der Waals surface area contributed by atoms with Gasteiger partial charge in [0.2, 0.25) is 0 Å². The molecule has 0 aliphatic rings. The van der Waals surface area contributed by atoms with E-state index in [2.05, 4.69) is 20.8 Å². The molecule has 1 rings (SSSR count). The quantitative estimate of drug-likeness (QED) is 0.615. The molecule has 0 saturated heterocycles. The van der Waals surface area contributed by atoms with Gasteiger partial charge in [-0.1, -0.05) is 0 Å². The zero-order valence-corrected chi connectivity index (χ0v) is 6.18. The molecule has 0 aliphatic heterocycles. The lowest BCUT2D eigenvalue weighted by Crippen LogP contribution is -1.67. The van der Waals surface area contributed by atoms with Crippen LogP contribution in [0.15, 0.2) is 21.2 Å². The molecule has 1 heterocycles. The summed E-state index contributed by atoms with van der Waals surface area (Å²) in [5.41, 5.74) is 0. The van der Waals surface area contributed by atoms with E-state index in [1.54, 1.807) is 12.3 Å². The van der Waals surface area contributed by atoms with Crippen LogP contribution in [0.3, 0.4) is 0 Å². The molecule has 0 spiro atoms. The molecule has 46 valence electrons. The maximum atomic E-state index is 6.50. The van der Waals surface area contributed by atoms with Crippen molar-refractivity contribution in [2.24, 2.45) is 0 Å². The maximum absolute atomic E-state index is 6.50. The van der Waals surface area contributed by atoms with E-state index >= 15 is 0 Å². The van der Waals surface area contributed by atoms with Crippen LogP contribution in [0.4, 0.5) is 0 Å². The normalized spacial score (nSPS) is 8.89. The van der Waals surface area contributed by atoms with Gasteiger partial charge in [0.15, 0.2) is 5.76 Å². The lowest BCUT2D eigenvalue weighted by molar-refractivity contribution is 0.521. The fourth-order valence-electron chi connectivity index (χ4n) is 0.515. The molecule has 0 saturated carbocycles. The Morgan fingerprint density at radius 1 is 1.78 bits per heavy atom. The van der Waals surface area contributed by atoms with Gasteiger partial charge in [-0.05, 0) is 15.9 Å². The van der Waals surface area contributed by atoms with Crippen molar-refractivity contribution in [2.75, 3.05) is 0 Å². The predicted molar refractivity (Wildman–Crippen MR) is 36.7 cm³/mol. The average Bonchev–Trinajstić information content (AvgIpc) is 2.17. The average molecular weight is 186 g/mol. The summed E-state index contributed by atoms with van der Waals surface area (Å²) >= 11 is 3.21. The molecule has 9 heavy (non-hydrogen) atoms. The van der Waals surface area contributed by atoms with E-state index in [1.165, 1.54) is 0 Å². The van der Waals surface area contributed by atoms with Crippen molar-refractivity contribution in [1.29, 1.82) is 0 Å². The van der Waals surface area contributed by atoms with Gasteiger partial charge >= 0.3 is 0 Å². The van der Waals surface area contributed by atoms with E-state index in [1.807, 2.05) is 0 Å². The van der Waals surface area contributed by atoms with Gasteiger partial charge in [0.25, 0.3) is 6.54 Å². The van der Waals surface area contributed by atoms with Crippen LogP contribution in [0.1, 0.15) is 5.76 Å². The summed E-state index contributed by atoms with van der Waals surface area (Å²) in [5, 5.41) is 0. The fraction of sp³-hybridized carbons (Fsp3) is 0.167. The number of hydrogen-bond donors (Lipinski definition) is 0. The topological polar surface area (TPSA) is 17.5 Å². The summed E-state index contributed by atoms with van der Waals surface area (Å²) < 4.78 is 5.83. The molecule has 0 atom stereocenters. The highest BCUT2D eigenvalue weighted by Crippen LogP contribution is 2.14. The van der Waals surface area contributed by atoms with E-state index in [4.69, 9.17) is 11.0 Å². The van der Waals surface area contributed by atoms with Crippen molar-refractivity contribution in [1.82, 2.24) is 0 Å². The van der Waals surface area contributed by atoms with Gasteiger partial charge in [0.05, 0.1) is 4.47 Å². The minimum absolute atomic E-state index is 0.325. The third-order valence-electron chi connectivity index (χ3n) is 0.857. The molecule has 2 nitrogen and oxygen atoms in total. The number of hydrogen-bond acceptors (Lipinski definition) is 1. The summed E-state index contributed by atoms with van der Waals surface area (Å²) in [6.07, 6.45) is 1.57. The Bertz CT molecular complexity index is 235. The number of furan rings is 1. The second kappa shape index (κ2) is 2.70. The molecule has 0 N–H and O–H groups in total. The smallest absolute Gasteiger partial charge is 0.271 e. The van der Waals surface area contributed by atoms with Crippen molar-refractivity contribution in [3.63, 3.8) is 0 Å². The maximum Gasteiger partial charge on any atom is 0.271 e. The largest absolute Gasteiger partial charge is 0.460 e. The van der Waals surface area contributed by atoms with Gasteiger partial charge in [-0.3, -0.25) is 0 Å². The summed E-state index contributed by atoms with van der Waals surface area (Å²) in [5.74, 6) is 0.705. The van der Waals surface area contributed by atoms with Crippen molar-refractivity contribution < 1.29 is 4.42 Å². The Morgan fingerprint density at radius 3 is 3.00 bits per heavy atom. The van der Waals surface area contributed by atoms with Crippen molar-refractivity contribution in [3.8, 4) is 0 Å². The first-order valence-electron chi connectivity index (χ1n) is 2.39. The Balaban J connectivity index is 2.76. The molecule has 1 aromatic heterocycles. The number of halogens is 1. The number of rotatable bonds is 1. The molecule has 0 fully saturated rings. The highest BCUT2D eigenvalue weighted by Gasteiger charge is 1.98. The lowest BCUT2D eigenvalue weighted by atomic mass is 10.5. The van der Waals surface area contributed by atoms with Crippen LogP contribution in [0.2, 0.25) is 0 Å². The van der Waals surface area contributed by atoms with Crippen molar-refractivity contribution in [2.45, 2.75) is 6.54 Å². The van der Waals surface area contributed by atoms with Crippen LogP contribution < -0.4 is 0 Å². The second-order valence-electron chi connectivity index (χ2n) is 1.55. The minimum atomic E-state index is 0.325. The molecule has 0 aromatic carbocycles. The predicted octanol–water partition coefficient (Wildman–Crippen LogP) is 2.46. The van der Waals surface area contributed by atoms with Gasteiger partial charge < -0.3 is 9.26 Å². The highest BCUT2D eigenvalue weighted by molar-refractivity contribution is 9.10. The molecule has 0 amide bonds. The molecule has 0 radical (unpaired) electrons. The Morgan fingerprint density at radius 2 is 2.56 bits per heavy atom. The molecule has 1 aromatic rings. The highest BCUT2D eigenvalue weighted by atomic mass is 79.9. The van der Waals surface area contributed by atoms with E-state index < -0.39 is 0 Å². The van der Waals surface area contributed by atoms with Gasteiger partial charge in [0, 0.05) is 6.07 Å². The van der Waals surface area contributed by atoms with Crippen molar-refractivity contribution >= 4 is 15.9 Å². The Hall–Kier alpha value is -0.750. The molecular formula is C6H4BrNO. The zero-order valence-electron chi connectivity index (χ0n) is 4.60. The third kappa shape index (κ3) is 1.58. The van der Waals surface area contributed by atoms with Crippen LogP contribution in [0.25, 0.3) is 4.85 Å².